The Kier molecular flexibility index (Phi) is 10.6. The van der Waals surface area contributed by atoms with Gasteiger partial charge in [0.15, 0.2) is 0 Å². The van der Waals surface area contributed by atoms with Gasteiger partial charge in [0.2, 0.25) is 0 Å². The first-order chi connectivity index (χ1) is 19.8. The van der Waals surface area contributed by atoms with Crippen molar-refractivity contribution in [2.75, 3.05) is 38.7 Å². The van der Waals surface area contributed by atoms with Crippen LogP contribution in [0.5, 0.6) is 0 Å². The van der Waals surface area contributed by atoms with Gasteiger partial charge in [0, 0.05) is 24.2 Å². The average Bonchev–Trinajstić information content (AvgIpc) is 3.70. The summed E-state index contributed by atoms with van der Waals surface area (Å²) in [6.45, 7) is 3.60. The van der Waals surface area contributed by atoms with Crippen molar-refractivity contribution in [1.29, 1.82) is 0 Å². The first-order valence-corrected chi connectivity index (χ1v) is 18.4. The number of aliphatic imine (C=N–C) groups is 2. The van der Waals surface area contributed by atoms with Gasteiger partial charge in [0.25, 0.3) is 20.2 Å². The number of unbranched alkanes of at least 4 members (excludes halogenated alkanes) is 1. The van der Waals surface area contributed by atoms with E-state index in [1.165, 1.54) is 30.5 Å². The van der Waals surface area contributed by atoms with Crippen LogP contribution in [0.3, 0.4) is 0 Å². The number of fused-ring (bicyclic) bond motifs is 2. The molecule has 0 unspecified atom stereocenters. The standard InChI is InChI=1S/C24H24N6S2.2CH4O3S/c1(3-21-29-17-7-5-15(13-19(17)31-21)23-25-9-10-26-23)2-4-22-30-18-8-6-16(14-20(18)32-22)24-27-11-12-28-24;2*1-5(2,3)4/h5-8,13-14H,1-4,9-12H2,(H,25,26)(H,27,28);2*1H3,(H,2,3,4). The number of hydrogen-bond acceptors (Lipinski definition) is 12. The molecule has 0 spiro atoms. The van der Waals surface area contributed by atoms with Crippen LogP contribution in [0.15, 0.2) is 46.4 Å². The number of nitrogens with zero attached hydrogens (tertiary/aromatic N) is 4. The third-order valence-electron chi connectivity index (χ3n) is 5.79. The number of aromatic nitrogens is 2. The molecule has 226 valence electrons. The zero-order valence-electron chi connectivity index (χ0n) is 23.1. The lowest BCUT2D eigenvalue weighted by Crippen LogP contribution is -2.19. The summed E-state index contributed by atoms with van der Waals surface area (Å²) in [4.78, 5) is 18.7. The number of amidine groups is 2. The van der Waals surface area contributed by atoms with Crippen LogP contribution in [0.25, 0.3) is 20.4 Å². The Balaban J connectivity index is 0.000000352. The third-order valence-corrected chi connectivity index (χ3v) is 7.95. The molecule has 42 heavy (non-hydrogen) atoms. The molecule has 0 aliphatic carbocycles. The van der Waals surface area contributed by atoms with Crippen molar-refractivity contribution < 1.29 is 25.9 Å². The van der Waals surface area contributed by atoms with E-state index in [4.69, 9.17) is 19.1 Å². The fourth-order valence-corrected chi connectivity index (χ4v) is 6.28. The summed E-state index contributed by atoms with van der Waals surface area (Å²) < 4.78 is 54.2. The normalized spacial score (nSPS) is 14.8. The van der Waals surface area contributed by atoms with Gasteiger partial charge in [-0.2, -0.15) is 16.8 Å². The van der Waals surface area contributed by atoms with E-state index >= 15 is 0 Å². The maximum absolute atomic E-state index is 9.19. The molecule has 2 aliphatic rings. The maximum atomic E-state index is 9.19. The van der Waals surface area contributed by atoms with E-state index in [0.29, 0.717) is 12.5 Å². The second-order valence-corrected chi connectivity index (χ2v) is 14.7. The highest BCUT2D eigenvalue weighted by molar-refractivity contribution is 7.85. The molecule has 6 rings (SSSR count). The van der Waals surface area contributed by atoms with Crippen LogP contribution >= 0.6 is 22.7 Å². The van der Waals surface area contributed by atoms with Crippen molar-refractivity contribution in [3.05, 3.63) is 57.5 Å². The molecule has 2 aromatic carbocycles. The van der Waals surface area contributed by atoms with Gasteiger partial charge in [0.05, 0.1) is 56.0 Å². The lowest BCUT2D eigenvalue weighted by atomic mass is 10.2. The summed E-state index contributed by atoms with van der Waals surface area (Å²) in [6, 6.07) is 12.9. The van der Waals surface area contributed by atoms with Crippen molar-refractivity contribution >= 4 is 75.0 Å². The minimum absolute atomic E-state index is 0.715. The van der Waals surface area contributed by atoms with Crippen LogP contribution in [0, 0.1) is 0 Å². The maximum Gasteiger partial charge on any atom is 0.261 e. The predicted octanol–water partition coefficient (Wildman–Crippen LogP) is 3.18. The summed E-state index contributed by atoms with van der Waals surface area (Å²) in [7, 11) is -7.33. The Morgan fingerprint density at radius 2 is 1.10 bits per heavy atom. The van der Waals surface area contributed by atoms with Crippen LogP contribution in [0.2, 0.25) is 0 Å². The Morgan fingerprint density at radius 1 is 0.714 bits per heavy atom. The lowest BCUT2D eigenvalue weighted by molar-refractivity contribution is 0.488. The van der Waals surface area contributed by atoms with E-state index in [-0.39, 0.29) is 0 Å². The van der Waals surface area contributed by atoms with Gasteiger partial charge < -0.3 is 10.6 Å². The Labute approximate surface area is 252 Å². The van der Waals surface area contributed by atoms with Crippen LogP contribution in [-0.4, -0.2) is 86.3 Å². The topological polar surface area (TPSA) is 183 Å². The third kappa shape index (κ3) is 10.4. The van der Waals surface area contributed by atoms with Crippen molar-refractivity contribution in [3.63, 3.8) is 0 Å². The van der Waals surface area contributed by atoms with Gasteiger partial charge in [-0.1, -0.05) is 0 Å². The average molecular weight is 653 g/mol. The van der Waals surface area contributed by atoms with Crippen molar-refractivity contribution in [3.8, 4) is 0 Å². The molecule has 4 aromatic rings. The van der Waals surface area contributed by atoms with Gasteiger partial charge in [-0.05, 0) is 62.1 Å². The van der Waals surface area contributed by atoms with E-state index in [1.807, 2.05) is 22.7 Å². The Morgan fingerprint density at radius 3 is 1.43 bits per heavy atom. The highest BCUT2D eigenvalue weighted by Gasteiger charge is 2.12. The number of nitrogens with one attached hydrogen (secondary N) is 2. The second kappa shape index (κ2) is 14.0. The fourth-order valence-electron chi connectivity index (χ4n) is 4.19. The van der Waals surface area contributed by atoms with E-state index in [2.05, 4.69) is 57.0 Å². The summed E-state index contributed by atoms with van der Waals surface area (Å²) in [5, 5.41) is 9.14. The SMILES string of the molecule is CS(=O)(=O)O.CS(=O)(=O)O.c1cc2nc(CCCCc3nc4ccc(C5=NCCN5)cc4s3)sc2cc1C1=NCCN1. The summed E-state index contributed by atoms with van der Waals surface area (Å²) in [6.07, 6.45) is 5.73. The molecule has 12 nitrogen and oxygen atoms in total. The molecule has 0 saturated heterocycles. The molecule has 0 saturated carbocycles. The zero-order valence-corrected chi connectivity index (χ0v) is 26.3. The lowest BCUT2D eigenvalue weighted by Gasteiger charge is -2.01. The molecular formula is C26H32N6O6S4. The molecule has 4 N–H and O–H groups in total. The number of benzene rings is 2. The molecule has 4 heterocycles. The number of hydrogen-bond donors (Lipinski definition) is 4. The van der Waals surface area contributed by atoms with Gasteiger partial charge in [-0.15, -0.1) is 22.7 Å². The van der Waals surface area contributed by atoms with E-state index in [9.17, 15) is 16.8 Å². The van der Waals surface area contributed by atoms with Crippen LogP contribution in [0.1, 0.15) is 34.0 Å². The van der Waals surface area contributed by atoms with Crippen LogP contribution in [-0.2, 0) is 33.1 Å². The second-order valence-electron chi connectivity index (χ2n) is 9.57. The smallest absolute Gasteiger partial charge is 0.261 e. The number of thiazole rings is 2. The summed E-state index contributed by atoms with van der Waals surface area (Å²) in [5.74, 6) is 2.02. The monoisotopic (exact) mass is 652 g/mol. The quantitative estimate of drug-likeness (QED) is 0.171. The van der Waals surface area contributed by atoms with Crippen molar-refractivity contribution in [2.45, 2.75) is 25.7 Å². The number of rotatable bonds is 7. The van der Waals surface area contributed by atoms with E-state index in [1.54, 1.807) is 0 Å². The number of aryl methyl sites for hydroxylation is 2. The largest absolute Gasteiger partial charge is 0.368 e. The first kappa shape index (κ1) is 31.9. The van der Waals surface area contributed by atoms with Gasteiger partial charge in [0.1, 0.15) is 11.7 Å². The zero-order chi connectivity index (χ0) is 30.3. The first-order valence-electron chi connectivity index (χ1n) is 13.0. The van der Waals surface area contributed by atoms with Crippen LogP contribution in [0.4, 0.5) is 0 Å². The molecule has 0 amide bonds. The summed E-state index contributed by atoms with van der Waals surface area (Å²) in [5.41, 5.74) is 4.52. The minimum Gasteiger partial charge on any atom is -0.368 e. The Bertz CT molecular complexity index is 1680. The highest BCUT2D eigenvalue weighted by Crippen LogP contribution is 2.27. The van der Waals surface area contributed by atoms with E-state index < -0.39 is 20.2 Å². The molecule has 0 atom stereocenters. The van der Waals surface area contributed by atoms with E-state index in [0.717, 1.165) is 74.6 Å². The molecule has 0 radical (unpaired) electrons. The molecule has 16 heteroatoms. The van der Waals surface area contributed by atoms with Crippen molar-refractivity contribution in [1.82, 2.24) is 20.6 Å². The Hall–Kier alpha value is -3.02. The predicted molar refractivity (Wildman–Crippen MR) is 170 cm³/mol. The molecular weight excluding hydrogens is 621 g/mol. The summed E-state index contributed by atoms with van der Waals surface area (Å²) >= 11 is 3.62. The molecule has 2 aromatic heterocycles. The van der Waals surface area contributed by atoms with Crippen molar-refractivity contribution in [2.24, 2.45) is 9.98 Å². The highest BCUT2D eigenvalue weighted by atomic mass is 32.2. The minimum atomic E-state index is -3.67. The van der Waals surface area contributed by atoms with Gasteiger partial charge >= 0.3 is 0 Å². The fraction of sp³-hybridized carbons (Fsp3) is 0.385. The molecule has 0 fully saturated rings. The van der Waals surface area contributed by atoms with Gasteiger partial charge in [-0.3, -0.25) is 19.1 Å². The molecule has 2 aliphatic heterocycles. The van der Waals surface area contributed by atoms with Crippen LogP contribution < -0.4 is 10.6 Å². The molecule has 0 bridgehead atoms. The van der Waals surface area contributed by atoms with Gasteiger partial charge in [-0.25, -0.2) is 9.97 Å².